The molecule has 1 aromatic carbocycles. The molecule has 0 radical (unpaired) electrons. The lowest BCUT2D eigenvalue weighted by atomic mass is 9.88. The van der Waals surface area contributed by atoms with Crippen LogP contribution < -0.4 is 24.8 Å². The number of hydrogen-bond acceptors (Lipinski definition) is 9. The largest absolute Gasteiger partial charge is 0.491 e. The third-order valence-corrected chi connectivity index (χ3v) is 13.0. The van der Waals surface area contributed by atoms with Crippen LogP contribution in [-0.4, -0.2) is 88.8 Å². The Morgan fingerprint density at radius 2 is 1.94 bits per heavy atom. The molecule has 0 spiro atoms. The van der Waals surface area contributed by atoms with Crippen molar-refractivity contribution in [1.29, 1.82) is 0 Å². The summed E-state index contributed by atoms with van der Waals surface area (Å²) >= 11 is 0. The van der Waals surface area contributed by atoms with Crippen LogP contribution in [0.25, 0.3) is 10.8 Å². The summed E-state index contributed by atoms with van der Waals surface area (Å²) in [6.07, 6.45) is 5.71. The monoisotopic (exact) mass is 743 g/mol. The highest BCUT2D eigenvalue weighted by Gasteiger charge is 2.63. The van der Waals surface area contributed by atoms with Gasteiger partial charge in [-0.3, -0.25) is 19.1 Å². The van der Waals surface area contributed by atoms with Crippen LogP contribution in [0.1, 0.15) is 72.6 Å². The molecule has 3 fully saturated rings. The molecule has 14 nitrogen and oxygen atoms in total. The van der Waals surface area contributed by atoms with Crippen molar-refractivity contribution in [2.75, 3.05) is 13.2 Å². The number of allylic oxidation sites excluding steroid dienone is 1. The summed E-state index contributed by atoms with van der Waals surface area (Å²) in [6, 6.07) is 2.00. The number of ether oxygens (including phenoxy) is 2. The lowest BCUT2D eigenvalue weighted by Crippen LogP contribution is -2.59. The minimum Gasteiger partial charge on any atom is -0.491 e. The minimum atomic E-state index is -4.02. The summed E-state index contributed by atoms with van der Waals surface area (Å²) < 4.78 is 53.9. The van der Waals surface area contributed by atoms with Gasteiger partial charge in [0.1, 0.15) is 23.7 Å². The highest BCUT2D eigenvalue weighted by molar-refractivity contribution is 7.91. The van der Waals surface area contributed by atoms with Gasteiger partial charge in [-0.25, -0.2) is 22.6 Å². The Kier molecular flexibility index (Phi) is 10.2. The molecule has 16 heteroatoms. The van der Waals surface area contributed by atoms with Crippen LogP contribution in [-0.2, 0) is 24.4 Å². The van der Waals surface area contributed by atoms with E-state index in [1.54, 1.807) is 26.8 Å². The van der Waals surface area contributed by atoms with Gasteiger partial charge in [0.2, 0.25) is 27.7 Å². The molecule has 4 N–H and O–H groups in total. The number of fused-ring (bicyclic) bond motifs is 3. The maximum atomic E-state index is 14.9. The lowest BCUT2D eigenvalue weighted by molar-refractivity contribution is -0.142. The predicted molar refractivity (Wildman–Crippen MR) is 187 cm³/mol. The van der Waals surface area contributed by atoms with Crippen molar-refractivity contribution in [3.63, 3.8) is 0 Å². The van der Waals surface area contributed by atoms with E-state index in [2.05, 4.69) is 20.3 Å². The van der Waals surface area contributed by atoms with Crippen molar-refractivity contribution in [3.8, 4) is 11.6 Å². The first-order valence-corrected chi connectivity index (χ1v) is 19.3. The fraction of sp³-hybridized carbons (Fsp3) is 0.583. The van der Waals surface area contributed by atoms with Crippen LogP contribution in [0, 0.1) is 23.6 Å². The molecule has 4 aliphatic rings. The topological polar surface area (TPSA) is 193 Å². The van der Waals surface area contributed by atoms with Crippen LogP contribution in [0.4, 0.5) is 9.18 Å². The number of pyridine rings is 1. The molecule has 282 valence electrons. The van der Waals surface area contributed by atoms with Gasteiger partial charge in [-0.15, -0.1) is 0 Å². The summed E-state index contributed by atoms with van der Waals surface area (Å²) in [5.41, 5.74) is -1.58. The molecule has 2 saturated carbocycles. The summed E-state index contributed by atoms with van der Waals surface area (Å²) in [5.74, 6) is -3.56. The molecule has 2 aliphatic heterocycles. The zero-order valence-corrected chi connectivity index (χ0v) is 30.5. The lowest BCUT2D eigenvalue weighted by Gasteiger charge is -2.32. The number of nitrogens with one attached hydrogen (secondary N) is 3. The fourth-order valence-corrected chi connectivity index (χ4v) is 8.71. The second kappa shape index (κ2) is 14.2. The number of hydrogen-bond donors (Lipinski definition) is 4. The van der Waals surface area contributed by atoms with Gasteiger partial charge >= 0.3 is 6.09 Å². The maximum absolute atomic E-state index is 14.9. The van der Waals surface area contributed by atoms with Gasteiger partial charge in [-0.1, -0.05) is 26.0 Å². The van der Waals surface area contributed by atoms with Gasteiger partial charge in [-0.05, 0) is 87.8 Å². The first kappa shape index (κ1) is 37.3. The molecule has 0 unspecified atom stereocenters. The van der Waals surface area contributed by atoms with Gasteiger partial charge in [-0.2, -0.15) is 0 Å². The summed E-state index contributed by atoms with van der Waals surface area (Å²) in [4.78, 5) is 59.9. The number of sulfonamides is 1. The predicted octanol–water partition coefficient (Wildman–Crippen LogP) is 3.64. The molecule has 3 heterocycles. The number of halogens is 1. The standard InChI is InChI=1S/C36H46FN5O9S/c1-5-50-28-15-22-10-13-38-31(25(22)17-26(28)37)51-24-16-27-30(43)40-36(33(45)41-52(48,49)35(4)11-12-35)18-23(36)9-7-6-8-20(2)14-21(3)29(39-34(46)47)32(44)42(27)19-24/h7,9-10,13,15,17,20-21,23-24,27,29,39H,5-6,8,11-12,14,16,18-19H2,1-4H3,(H,40,43)(H,41,45)(H,46,47)/b9-7-/t20-,21+,23+,24+,27-,29-,36+/m0/s1. The molecule has 6 rings (SSSR count). The van der Waals surface area contributed by atoms with Gasteiger partial charge in [0.25, 0.3) is 5.91 Å². The second-order valence-corrected chi connectivity index (χ2v) is 17.1. The normalized spacial score (nSPS) is 30.8. The van der Waals surface area contributed by atoms with Gasteiger partial charge in [0, 0.05) is 23.9 Å². The van der Waals surface area contributed by atoms with Crippen LogP contribution in [0.5, 0.6) is 11.6 Å². The summed E-state index contributed by atoms with van der Waals surface area (Å²) in [5, 5.41) is 15.8. The van der Waals surface area contributed by atoms with E-state index in [9.17, 15) is 37.1 Å². The van der Waals surface area contributed by atoms with Crippen LogP contribution in [0.2, 0.25) is 0 Å². The van der Waals surface area contributed by atoms with E-state index in [1.807, 2.05) is 19.1 Å². The van der Waals surface area contributed by atoms with Crippen molar-refractivity contribution in [2.45, 2.75) is 101 Å². The van der Waals surface area contributed by atoms with E-state index < -0.39 is 80.0 Å². The van der Waals surface area contributed by atoms with Gasteiger partial charge < -0.3 is 30.1 Å². The first-order chi connectivity index (χ1) is 24.6. The second-order valence-electron chi connectivity index (χ2n) is 14.9. The van der Waals surface area contributed by atoms with Crippen molar-refractivity contribution in [2.24, 2.45) is 17.8 Å². The molecule has 2 aromatic rings. The van der Waals surface area contributed by atoms with Gasteiger partial charge in [0.05, 0.1) is 17.9 Å². The Bertz CT molecular complexity index is 1900. The van der Waals surface area contributed by atoms with E-state index in [1.165, 1.54) is 23.2 Å². The number of carbonyl (C=O) groups excluding carboxylic acids is 3. The number of amides is 4. The molecule has 7 atom stereocenters. The Hall–Kier alpha value is -4.47. The van der Waals surface area contributed by atoms with Crippen molar-refractivity contribution in [1.82, 2.24) is 25.2 Å². The van der Waals surface area contributed by atoms with E-state index in [0.717, 1.165) is 0 Å². The molecule has 1 aromatic heterocycles. The molecule has 4 amide bonds. The molecule has 52 heavy (non-hydrogen) atoms. The molecule has 0 bridgehead atoms. The summed E-state index contributed by atoms with van der Waals surface area (Å²) in [6.45, 7) is 7.20. The highest BCUT2D eigenvalue weighted by atomic mass is 32.2. The van der Waals surface area contributed by atoms with E-state index in [-0.39, 0.29) is 43.5 Å². The molecule has 1 saturated heterocycles. The Labute approximate surface area is 301 Å². The zero-order valence-electron chi connectivity index (χ0n) is 29.7. The van der Waals surface area contributed by atoms with Crippen LogP contribution in [0.15, 0.2) is 36.5 Å². The van der Waals surface area contributed by atoms with Crippen LogP contribution >= 0.6 is 0 Å². The molecule has 2 aliphatic carbocycles. The molecular formula is C36H46FN5O9S. The number of aromatic nitrogens is 1. The number of nitrogens with zero attached hydrogens (tertiary/aromatic N) is 2. The zero-order chi connectivity index (χ0) is 37.6. The third kappa shape index (κ3) is 7.39. The first-order valence-electron chi connectivity index (χ1n) is 17.8. The number of rotatable bonds is 8. The van der Waals surface area contributed by atoms with Crippen LogP contribution in [0.3, 0.4) is 0 Å². The SMILES string of the molecule is CCOc1cc2ccnc(O[C@@H]3C[C@H]4C(=O)N[C@]5(C(=O)NS(=O)(=O)C6(C)CC6)C[C@H]5/C=C\CC[C@H](C)C[C@@H](C)[C@H](NC(=O)O)C(=O)N4C3)c2cc1F. The third-order valence-electron chi connectivity index (χ3n) is 10.9. The van der Waals surface area contributed by atoms with Crippen molar-refractivity contribution in [3.05, 3.63) is 42.4 Å². The maximum Gasteiger partial charge on any atom is 0.405 e. The quantitative estimate of drug-likeness (QED) is 0.290. The number of benzene rings is 1. The molecular weight excluding hydrogens is 697 g/mol. The summed E-state index contributed by atoms with van der Waals surface area (Å²) in [7, 11) is -4.02. The number of carboxylic acid groups (broad SMARTS) is 1. The Morgan fingerprint density at radius 1 is 1.19 bits per heavy atom. The fourth-order valence-electron chi connectivity index (χ4n) is 7.39. The average Bonchev–Trinajstić information content (AvgIpc) is 3.96. The number of carbonyl (C=O) groups is 4. The average molecular weight is 744 g/mol. The Balaban J connectivity index is 1.34. The smallest absolute Gasteiger partial charge is 0.405 e. The Morgan fingerprint density at radius 3 is 2.63 bits per heavy atom. The van der Waals surface area contributed by atoms with E-state index >= 15 is 0 Å². The van der Waals surface area contributed by atoms with E-state index in [4.69, 9.17) is 9.47 Å². The van der Waals surface area contributed by atoms with Crippen molar-refractivity contribution >= 4 is 44.6 Å². The van der Waals surface area contributed by atoms with E-state index in [0.29, 0.717) is 42.9 Å². The van der Waals surface area contributed by atoms with Gasteiger partial charge in [0.15, 0.2) is 11.6 Å². The highest BCUT2D eigenvalue weighted by Crippen LogP contribution is 2.47. The minimum absolute atomic E-state index is 0.0597. The van der Waals surface area contributed by atoms with Crippen molar-refractivity contribution < 1.29 is 46.6 Å².